The van der Waals surface area contributed by atoms with Gasteiger partial charge in [-0.1, -0.05) is 49.9 Å². The molecule has 1 atom stereocenters. The third kappa shape index (κ3) is 4.97. The van der Waals surface area contributed by atoms with Crippen LogP contribution in [0, 0.1) is 0 Å². The van der Waals surface area contributed by atoms with Crippen LogP contribution in [-0.4, -0.2) is 25.7 Å². The lowest BCUT2D eigenvalue weighted by Crippen LogP contribution is -2.44. The van der Waals surface area contributed by atoms with Gasteiger partial charge in [-0.15, -0.1) is 0 Å². The Morgan fingerprint density at radius 3 is 2.48 bits per heavy atom. The van der Waals surface area contributed by atoms with Gasteiger partial charge in [0.05, 0.1) is 19.0 Å². The van der Waals surface area contributed by atoms with E-state index in [1.165, 1.54) is 0 Å². The van der Waals surface area contributed by atoms with Crippen LogP contribution in [0.2, 0.25) is 0 Å². The summed E-state index contributed by atoms with van der Waals surface area (Å²) >= 11 is 0. The highest BCUT2D eigenvalue weighted by atomic mass is 16.5. The van der Waals surface area contributed by atoms with Crippen molar-refractivity contribution in [3.8, 4) is 5.75 Å². The van der Waals surface area contributed by atoms with Gasteiger partial charge in [-0.3, -0.25) is 9.69 Å². The topological polar surface area (TPSA) is 93.6 Å². The van der Waals surface area contributed by atoms with Crippen molar-refractivity contribution in [2.75, 3.05) is 23.9 Å². The molecule has 5 N–H and O–H groups in total. The number of nitrogens with zero attached hydrogens (tertiary/aromatic N) is 1. The lowest BCUT2D eigenvalue weighted by Gasteiger charge is -2.25. The summed E-state index contributed by atoms with van der Waals surface area (Å²) in [4.78, 5) is 15.0. The quantitative estimate of drug-likeness (QED) is 0.340. The van der Waals surface area contributed by atoms with Gasteiger partial charge in [0, 0.05) is 28.6 Å². The number of methoxy groups -OCH3 is 1. The molecule has 0 fully saturated rings. The molecule has 1 unspecified atom stereocenters. The number of ether oxygens (including phenoxy) is 1. The number of nitrogens with two attached hydrogens (primary N) is 2. The molecule has 4 rings (SSSR count). The fraction of sp³-hybridized carbons (Fsp3) is 0.370. The van der Waals surface area contributed by atoms with Gasteiger partial charge in [-0.2, -0.15) is 0 Å². The Labute approximate surface area is 195 Å². The van der Waals surface area contributed by atoms with Crippen molar-refractivity contribution in [2.24, 2.45) is 11.5 Å². The van der Waals surface area contributed by atoms with Crippen LogP contribution in [0.25, 0.3) is 10.8 Å². The molecule has 0 radical (unpaired) electrons. The predicted molar refractivity (Wildman–Crippen MR) is 136 cm³/mol. The van der Waals surface area contributed by atoms with E-state index >= 15 is 0 Å². The number of unbranched alkanes of at least 4 members (excludes halogenated alkanes) is 4. The van der Waals surface area contributed by atoms with E-state index in [-0.39, 0.29) is 12.1 Å². The maximum Gasteiger partial charge on any atom is 0.260 e. The van der Waals surface area contributed by atoms with Crippen molar-refractivity contribution in [2.45, 2.75) is 51.2 Å². The third-order valence-corrected chi connectivity index (χ3v) is 6.41. The van der Waals surface area contributed by atoms with Gasteiger partial charge < -0.3 is 21.5 Å². The van der Waals surface area contributed by atoms with Crippen LogP contribution in [0.4, 0.5) is 11.4 Å². The molecule has 174 valence electrons. The fourth-order valence-electron chi connectivity index (χ4n) is 4.59. The van der Waals surface area contributed by atoms with Crippen molar-refractivity contribution >= 4 is 28.1 Å². The first-order valence-electron chi connectivity index (χ1n) is 11.9. The Hall–Kier alpha value is -3.09. The molecule has 6 nitrogen and oxygen atoms in total. The van der Waals surface area contributed by atoms with Gasteiger partial charge in [0.2, 0.25) is 0 Å². The number of nitrogens with one attached hydrogen (secondary N) is 1. The van der Waals surface area contributed by atoms with E-state index in [1.807, 2.05) is 42.5 Å². The molecule has 1 aliphatic heterocycles. The number of anilines is 2. The first-order valence-corrected chi connectivity index (χ1v) is 11.9. The number of carbonyl (C=O) groups is 1. The summed E-state index contributed by atoms with van der Waals surface area (Å²) in [6.07, 6.45) is 6.00. The molecule has 0 aromatic heterocycles. The SMILES string of the molecule is COc1ccc(CNc2ccc3c4c(cccc24)C(=O)N3C(N)CCCCCCCN)cc1. The van der Waals surface area contributed by atoms with Crippen molar-refractivity contribution in [3.05, 3.63) is 65.7 Å². The largest absolute Gasteiger partial charge is 0.497 e. The smallest absolute Gasteiger partial charge is 0.260 e. The Morgan fingerprint density at radius 1 is 0.970 bits per heavy atom. The lowest BCUT2D eigenvalue weighted by atomic mass is 10.0. The van der Waals surface area contributed by atoms with E-state index in [0.717, 1.165) is 84.1 Å². The Morgan fingerprint density at radius 2 is 1.73 bits per heavy atom. The highest BCUT2D eigenvalue weighted by molar-refractivity contribution is 6.26. The predicted octanol–water partition coefficient (Wildman–Crippen LogP) is 5.00. The van der Waals surface area contributed by atoms with Crippen LogP contribution in [0.5, 0.6) is 5.75 Å². The molecule has 1 amide bonds. The molecule has 0 aliphatic carbocycles. The minimum atomic E-state index is -0.319. The highest BCUT2D eigenvalue weighted by Gasteiger charge is 2.33. The summed E-state index contributed by atoms with van der Waals surface area (Å²) < 4.78 is 5.24. The number of carbonyl (C=O) groups excluding carboxylic acids is 1. The van der Waals surface area contributed by atoms with Gasteiger partial charge in [-0.25, -0.2) is 0 Å². The van der Waals surface area contributed by atoms with Crippen molar-refractivity contribution in [1.82, 2.24) is 0 Å². The fourth-order valence-corrected chi connectivity index (χ4v) is 4.59. The third-order valence-electron chi connectivity index (χ3n) is 6.41. The Kier molecular flexibility index (Phi) is 7.47. The molecule has 1 heterocycles. The van der Waals surface area contributed by atoms with E-state index < -0.39 is 0 Å². The minimum absolute atomic E-state index is 0.00136. The van der Waals surface area contributed by atoms with Crippen LogP contribution >= 0.6 is 0 Å². The Bertz CT molecular complexity index is 1100. The van der Waals surface area contributed by atoms with Crippen molar-refractivity contribution < 1.29 is 9.53 Å². The minimum Gasteiger partial charge on any atom is -0.497 e. The zero-order chi connectivity index (χ0) is 23.2. The van der Waals surface area contributed by atoms with Gasteiger partial charge in [-0.05, 0) is 55.3 Å². The molecule has 0 saturated carbocycles. The van der Waals surface area contributed by atoms with E-state index in [9.17, 15) is 4.79 Å². The zero-order valence-electron chi connectivity index (χ0n) is 19.3. The number of hydrogen-bond donors (Lipinski definition) is 3. The first kappa shape index (κ1) is 23.1. The second kappa shape index (κ2) is 10.7. The van der Waals surface area contributed by atoms with Gasteiger partial charge in [0.1, 0.15) is 5.75 Å². The number of amides is 1. The molecular weight excluding hydrogens is 412 g/mol. The van der Waals surface area contributed by atoms with Crippen LogP contribution in [0.3, 0.4) is 0 Å². The average molecular weight is 447 g/mol. The van der Waals surface area contributed by atoms with Gasteiger partial charge in [0.25, 0.3) is 5.91 Å². The van der Waals surface area contributed by atoms with E-state index in [1.54, 1.807) is 12.0 Å². The summed E-state index contributed by atoms with van der Waals surface area (Å²) in [7, 11) is 1.67. The summed E-state index contributed by atoms with van der Waals surface area (Å²) in [6.45, 7) is 1.44. The average Bonchev–Trinajstić information content (AvgIpc) is 3.14. The second-order valence-electron chi connectivity index (χ2n) is 8.65. The molecule has 3 aromatic rings. The van der Waals surface area contributed by atoms with Crippen LogP contribution in [0.15, 0.2) is 54.6 Å². The summed E-state index contributed by atoms with van der Waals surface area (Å²) in [5.41, 5.74) is 15.9. The number of hydrogen-bond acceptors (Lipinski definition) is 5. The summed E-state index contributed by atoms with van der Waals surface area (Å²) in [6, 6.07) is 18.0. The summed E-state index contributed by atoms with van der Waals surface area (Å²) in [5, 5.41) is 5.56. The molecule has 3 aromatic carbocycles. The van der Waals surface area contributed by atoms with Crippen molar-refractivity contribution in [3.63, 3.8) is 0 Å². The number of benzene rings is 3. The second-order valence-corrected chi connectivity index (χ2v) is 8.65. The maximum atomic E-state index is 13.2. The summed E-state index contributed by atoms with van der Waals surface area (Å²) in [5.74, 6) is 0.841. The molecule has 0 bridgehead atoms. The van der Waals surface area contributed by atoms with E-state index in [4.69, 9.17) is 16.2 Å². The Balaban J connectivity index is 1.48. The van der Waals surface area contributed by atoms with E-state index in [2.05, 4.69) is 17.4 Å². The van der Waals surface area contributed by atoms with Gasteiger partial charge >= 0.3 is 0 Å². The standard InChI is InChI=1S/C27H34N4O2/c1-33-20-13-11-19(12-14-20)18-30-23-15-16-24-26-21(23)8-7-9-22(26)27(32)31(24)25(29)10-5-3-2-4-6-17-28/h7-9,11-16,25,30H,2-6,10,17-18,28-29H2,1H3. The lowest BCUT2D eigenvalue weighted by molar-refractivity contribution is 0.0982. The maximum absolute atomic E-state index is 13.2. The molecular formula is C27H34N4O2. The van der Waals surface area contributed by atoms with Gasteiger partial charge in [0.15, 0.2) is 0 Å². The zero-order valence-corrected chi connectivity index (χ0v) is 19.3. The molecule has 1 aliphatic rings. The van der Waals surface area contributed by atoms with E-state index in [0.29, 0.717) is 6.54 Å². The normalized spacial score (nSPS) is 13.5. The number of rotatable bonds is 12. The monoisotopic (exact) mass is 446 g/mol. The highest BCUT2D eigenvalue weighted by Crippen LogP contribution is 2.41. The van der Waals surface area contributed by atoms with Crippen molar-refractivity contribution in [1.29, 1.82) is 0 Å². The molecule has 0 saturated heterocycles. The molecule has 6 heteroatoms. The molecule has 33 heavy (non-hydrogen) atoms. The molecule has 0 spiro atoms. The van der Waals surface area contributed by atoms with Crippen LogP contribution in [0.1, 0.15) is 54.4 Å². The van der Waals surface area contributed by atoms with Crippen LogP contribution in [-0.2, 0) is 6.54 Å². The first-order chi connectivity index (χ1) is 16.1. The van der Waals surface area contributed by atoms with Crippen LogP contribution < -0.4 is 26.4 Å².